The SMILES string of the molecule is CCC(C)(C)c1ccccc1OP(=O)(Oc1ccccc1C(C)(C)CC)Oc1ccccc1C(C)(C)CC. The summed E-state index contributed by atoms with van der Waals surface area (Å²) >= 11 is 0. The fourth-order valence-corrected chi connectivity index (χ4v) is 5.62. The van der Waals surface area contributed by atoms with Crippen LogP contribution in [0.4, 0.5) is 0 Å². The van der Waals surface area contributed by atoms with E-state index >= 15 is 0 Å². The van der Waals surface area contributed by atoms with Crippen LogP contribution in [0.25, 0.3) is 0 Å². The van der Waals surface area contributed by atoms with Crippen molar-refractivity contribution in [2.45, 2.75) is 97.8 Å². The van der Waals surface area contributed by atoms with Crippen LogP contribution in [0.3, 0.4) is 0 Å². The van der Waals surface area contributed by atoms with Crippen LogP contribution in [-0.4, -0.2) is 0 Å². The van der Waals surface area contributed by atoms with Crippen LogP contribution in [-0.2, 0) is 20.8 Å². The molecule has 0 aliphatic heterocycles. The largest absolute Gasteiger partial charge is 0.647 e. The molecule has 0 heterocycles. The van der Waals surface area contributed by atoms with Crippen molar-refractivity contribution >= 4 is 7.82 Å². The minimum atomic E-state index is -4.21. The van der Waals surface area contributed by atoms with Crippen LogP contribution in [0, 0.1) is 0 Å². The first-order chi connectivity index (χ1) is 17.8. The number of hydrogen-bond donors (Lipinski definition) is 0. The lowest BCUT2D eigenvalue weighted by atomic mass is 9.82. The Morgan fingerprint density at radius 2 is 0.737 bits per heavy atom. The zero-order chi connectivity index (χ0) is 28.2. The van der Waals surface area contributed by atoms with Crippen LogP contribution in [0.2, 0.25) is 0 Å². The first kappa shape index (κ1) is 29.8. The number of phosphoric acid groups is 1. The molecule has 0 radical (unpaired) electrons. The highest BCUT2D eigenvalue weighted by Crippen LogP contribution is 2.54. The van der Waals surface area contributed by atoms with E-state index in [1.54, 1.807) is 0 Å². The zero-order valence-electron chi connectivity index (χ0n) is 24.6. The molecule has 0 N–H and O–H groups in total. The summed E-state index contributed by atoms with van der Waals surface area (Å²) in [5, 5.41) is 0. The Balaban J connectivity index is 2.17. The maximum Gasteiger partial charge on any atom is 0.647 e. The van der Waals surface area contributed by atoms with E-state index < -0.39 is 7.82 Å². The van der Waals surface area contributed by atoms with E-state index in [9.17, 15) is 4.57 Å². The second kappa shape index (κ2) is 11.6. The van der Waals surface area contributed by atoms with Gasteiger partial charge < -0.3 is 13.6 Å². The fraction of sp³-hybridized carbons (Fsp3) is 0.455. The molecule has 0 amide bonds. The number of benzene rings is 3. The summed E-state index contributed by atoms with van der Waals surface area (Å²) in [7, 11) is -4.21. The van der Waals surface area contributed by atoms with E-state index in [4.69, 9.17) is 13.6 Å². The molecule has 0 spiro atoms. The third-order valence-corrected chi connectivity index (χ3v) is 9.39. The number of rotatable bonds is 12. The molecule has 0 aliphatic rings. The Morgan fingerprint density at radius 3 is 0.974 bits per heavy atom. The third-order valence-electron chi connectivity index (χ3n) is 8.13. The summed E-state index contributed by atoms with van der Waals surface area (Å²) < 4.78 is 33.8. The topological polar surface area (TPSA) is 44.8 Å². The molecule has 0 aliphatic carbocycles. The van der Waals surface area contributed by atoms with E-state index in [0.29, 0.717) is 17.2 Å². The molecule has 0 saturated carbocycles. The average Bonchev–Trinajstić information content (AvgIpc) is 2.89. The highest BCUT2D eigenvalue weighted by molar-refractivity contribution is 7.49. The van der Waals surface area contributed by atoms with Crippen molar-refractivity contribution in [3.05, 3.63) is 89.5 Å². The highest BCUT2D eigenvalue weighted by Gasteiger charge is 2.39. The summed E-state index contributed by atoms with van der Waals surface area (Å²) in [6.45, 7) is 19.3. The molecule has 3 aromatic rings. The Bertz CT molecular complexity index is 1120. The summed E-state index contributed by atoms with van der Waals surface area (Å²) in [6.07, 6.45) is 2.67. The van der Waals surface area contributed by atoms with Gasteiger partial charge in [-0.25, -0.2) is 0 Å². The third kappa shape index (κ3) is 6.64. The Hall–Kier alpha value is -2.71. The number of phosphoric ester groups is 1. The Kier molecular flexibility index (Phi) is 9.09. The van der Waals surface area contributed by atoms with E-state index in [1.165, 1.54) is 0 Å². The van der Waals surface area contributed by atoms with Gasteiger partial charge in [-0.1, -0.05) is 117 Å². The van der Waals surface area contributed by atoms with Gasteiger partial charge in [0, 0.05) is 16.7 Å². The van der Waals surface area contributed by atoms with Crippen LogP contribution in [0.5, 0.6) is 17.2 Å². The summed E-state index contributed by atoms with van der Waals surface area (Å²) in [5.74, 6) is 1.51. The summed E-state index contributed by atoms with van der Waals surface area (Å²) in [4.78, 5) is 0. The van der Waals surface area contributed by atoms with Gasteiger partial charge in [0.15, 0.2) is 0 Å². The average molecular weight is 537 g/mol. The molecule has 0 bridgehead atoms. The molecular weight excluding hydrogens is 491 g/mol. The van der Waals surface area contributed by atoms with Gasteiger partial charge in [-0.3, -0.25) is 0 Å². The molecular formula is C33H45O4P. The maximum atomic E-state index is 14.8. The molecule has 4 nitrogen and oxygen atoms in total. The lowest BCUT2D eigenvalue weighted by molar-refractivity contribution is 0.288. The highest BCUT2D eigenvalue weighted by atomic mass is 31.2. The number of hydrogen-bond acceptors (Lipinski definition) is 4. The molecule has 5 heteroatoms. The predicted octanol–water partition coefficient (Wildman–Crippen LogP) is 10.4. The van der Waals surface area contributed by atoms with Gasteiger partial charge in [0.05, 0.1) is 0 Å². The predicted molar refractivity (Wildman–Crippen MR) is 159 cm³/mol. The smallest absolute Gasteiger partial charge is 0.386 e. The molecule has 3 rings (SSSR count). The standard InChI is InChI=1S/C33H45O4P/c1-10-31(4,5)25-19-13-16-22-28(25)35-38(34,36-29-23-17-14-20-26(29)32(6,7)11-2)37-30-24-18-15-21-27(30)33(8,9)12-3/h13-24H,10-12H2,1-9H3. The van der Waals surface area contributed by atoms with Crippen molar-refractivity contribution in [2.75, 3.05) is 0 Å². The summed E-state index contributed by atoms with van der Waals surface area (Å²) in [6, 6.07) is 23.2. The molecule has 0 fully saturated rings. The lowest BCUT2D eigenvalue weighted by Crippen LogP contribution is -2.20. The van der Waals surface area contributed by atoms with E-state index in [2.05, 4.69) is 62.3 Å². The fourth-order valence-electron chi connectivity index (χ4n) is 4.30. The van der Waals surface area contributed by atoms with Gasteiger partial charge in [0.25, 0.3) is 0 Å². The quantitative estimate of drug-likeness (QED) is 0.216. The van der Waals surface area contributed by atoms with E-state index in [-0.39, 0.29) is 16.2 Å². The Morgan fingerprint density at radius 1 is 0.500 bits per heavy atom. The van der Waals surface area contributed by atoms with Crippen LogP contribution in [0.15, 0.2) is 72.8 Å². The van der Waals surface area contributed by atoms with E-state index in [1.807, 2.05) is 72.8 Å². The second-order valence-corrected chi connectivity index (χ2v) is 13.4. The van der Waals surface area contributed by atoms with Gasteiger partial charge in [0.1, 0.15) is 17.2 Å². The minimum absolute atomic E-state index is 0.189. The van der Waals surface area contributed by atoms with Crippen molar-refractivity contribution in [3.63, 3.8) is 0 Å². The second-order valence-electron chi connectivity index (χ2n) is 11.9. The van der Waals surface area contributed by atoms with Crippen LogP contribution >= 0.6 is 7.82 Å². The van der Waals surface area contributed by atoms with E-state index in [0.717, 1.165) is 36.0 Å². The van der Waals surface area contributed by atoms with Crippen molar-refractivity contribution in [1.29, 1.82) is 0 Å². The van der Waals surface area contributed by atoms with Gasteiger partial charge in [-0.15, -0.1) is 0 Å². The van der Waals surface area contributed by atoms with Gasteiger partial charge in [0.2, 0.25) is 0 Å². The molecule has 0 aromatic heterocycles. The van der Waals surface area contributed by atoms with Gasteiger partial charge in [-0.2, -0.15) is 4.57 Å². The molecule has 0 saturated heterocycles. The van der Waals surface area contributed by atoms with Crippen molar-refractivity contribution in [3.8, 4) is 17.2 Å². The monoisotopic (exact) mass is 536 g/mol. The van der Waals surface area contributed by atoms with Crippen LogP contribution in [0.1, 0.15) is 98.3 Å². The first-order valence-electron chi connectivity index (χ1n) is 13.8. The lowest BCUT2D eigenvalue weighted by Gasteiger charge is -2.31. The molecule has 206 valence electrons. The molecule has 3 aromatic carbocycles. The zero-order valence-corrected chi connectivity index (χ0v) is 25.5. The van der Waals surface area contributed by atoms with Crippen molar-refractivity contribution in [2.24, 2.45) is 0 Å². The number of para-hydroxylation sites is 3. The maximum absolute atomic E-state index is 14.8. The van der Waals surface area contributed by atoms with Gasteiger partial charge >= 0.3 is 7.82 Å². The normalized spacial score (nSPS) is 12.8. The summed E-state index contributed by atoms with van der Waals surface area (Å²) in [5.41, 5.74) is 2.31. The van der Waals surface area contributed by atoms with Crippen LogP contribution < -0.4 is 13.6 Å². The van der Waals surface area contributed by atoms with Crippen molar-refractivity contribution < 1.29 is 18.1 Å². The molecule has 0 atom stereocenters. The Labute approximate surface area is 230 Å². The first-order valence-corrected chi connectivity index (χ1v) is 15.2. The van der Waals surface area contributed by atoms with Gasteiger partial charge in [-0.05, 0) is 53.7 Å². The minimum Gasteiger partial charge on any atom is -0.386 e. The molecule has 0 unspecified atom stereocenters. The molecule has 38 heavy (non-hydrogen) atoms. The van der Waals surface area contributed by atoms with Crippen molar-refractivity contribution in [1.82, 2.24) is 0 Å².